The third kappa shape index (κ3) is 3.00. The Bertz CT molecular complexity index is 576. The highest BCUT2D eigenvalue weighted by atomic mass is 32.2. The Morgan fingerprint density at radius 1 is 1.41 bits per heavy atom. The lowest BCUT2D eigenvalue weighted by Crippen LogP contribution is -2.11. The average Bonchev–Trinajstić information content (AvgIpc) is 2.88. The molecule has 0 bridgehead atoms. The number of nitrogens with zero attached hydrogens (tertiary/aromatic N) is 2. The van der Waals surface area contributed by atoms with E-state index in [1.54, 1.807) is 12.1 Å². The largest absolute Gasteiger partial charge is 0.315 e. The first-order valence-electron chi connectivity index (χ1n) is 4.64. The topological polar surface area (TPSA) is 84.0 Å². The molecule has 2 aromatic heterocycles. The molecule has 0 aliphatic heterocycles. The predicted molar refractivity (Wildman–Crippen MR) is 67.8 cm³/mol. The minimum atomic E-state index is -3.53. The standard InChI is InChI=1S/C8H10N4O2S3/c1-9-4-6-2-3-7(16-6)17(13,14)12-8-11-10-5-15-8/h2-3,5,9H,4H2,1H3,(H,11,12). The normalized spacial score (nSPS) is 11.6. The van der Waals surface area contributed by atoms with Crippen molar-refractivity contribution in [1.82, 2.24) is 15.5 Å². The number of nitrogens with one attached hydrogen (secondary N) is 2. The van der Waals surface area contributed by atoms with Crippen molar-refractivity contribution < 1.29 is 8.42 Å². The Morgan fingerprint density at radius 2 is 2.24 bits per heavy atom. The molecule has 2 aromatic rings. The Kier molecular flexibility index (Phi) is 3.72. The molecule has 0 aromatic carbocycles. The van der Waals surface area contributed by atoms with E-state index in [2.05, 4.69) is 20.2 Å². The van der Waals surface area contributed by atoms with Gasteiger partial charge >= 0.3 is 0 Å². The second-order valence-corrected chi connectivity index (χ2v) is 7.01. The summed E-state index contributed by atoms with van der Waals surface area (Å²) < 4.78 is 26.5. The Balaban J connectivity index is 2.19. The second kappa shape index (κ2) is 5.08. The third-order valence-corrected chi connectivity index (χ3v) is 5.49. The van der Waals surface area contributed by atoms with Crippen molar-refractivity contribution in [3.63, 3.8) is 0 Å². The van der Waals surface area contributed by atoms with Gasteiger partial charge in [0.05, 0.1) is 0 Å². The lowest BCUT2D eigenvalue weighted by atomic mass is 10.5. The molecule has 0 radical (unpaired) electrons. The van der Waals surface area contributed by atoms with E-state index in [9.17, 15) is 8.42 Å². The smallest absolute Gasteiger partial charge is 0.273 e. The van der Waals surface area contributed by atoms with Gasteiger partial charge in [-0.1, -0.05) is 11.3 Å². The lowest BCUT2D eigenvalue weighted by molar-refractivity contribution is 0.603. The molecular formula is C8H10N4O2S3. The molecule has 2 heterocycles. The minimum absolute atomic E-state index is 0.272. The SMILES string of the molecule is CNCc1ccc(S(=O)(=O)Nc2nncs2)s1. The highest BCUT2D eigenvalue weighted by molar-refractivity contribution is 7.94. The molecule has 0 aliphatic carbocycles. The van der Waals surface area contributed by atoms with E-state index in [-0.39, 0.29) is 9.34 Å². The van der Waals surface area contributed by atoms with E-state index in [1.807, 2.05) is 7.05 Å². The van der Waals surface area contributed by atoms with Crippen LogP contribution in [0.3, 0.4) is 0 Å². The third-order valence-electron chi connectivity index (χ3n) is 1.83. The number of sulfonamides is 1. The van der Waals surface area contributed by atoms with E-state index in [4.69, 9.17) is 0 Å². The van der Waals surface area contributed by atoms with Crippen molar-refractivity contribution in [3.05, 3.63) is 22.5 Å². The van der Waals surface area contributed by atoms with Gasteiger partial charge in [0.1, 0.15) is 9.72 Å². The molecule has 0 spiro atoms. The summed E-state index contributed by atoms with van der Waals surface area (Å²) in [4.78, 5) is 0.963. The number of rotatable bonds is 5. The highest BCUT2D eigenvalue weighted by Crippen LogP contribution is 2.24. The minimum Gasteiger partial charge on any atom is -0.315 e. The van der Waals surface area contributed by atoms with Crippen LogP contribution < -0.4 is 10.0 Å². The quantitative estimate of drug-likeness (QED) is 0.862. The zero-order chi connectivity index (χ0) is 12.3. The molecule has 2 N–H and O–H groups in total. The molecule has 0 aliphatic rings. The van der Waals surface area contributed by atoms with E-state index in [0.29, 0.717) is 6.54 Å². The van der Waals surface area contributed by atoms with Gasteiger partial charge in [-0.15, -0.1) is 21.5 Å². The van der Waals surface area contributed by atoms with Gasteiger partial charge < -0.3 is 5.32 Å². The molecule has 0 saturated heterocycles. The summed E-state index contributed by atoms with van der Waals surface area (Å²) in [6.45, 7) is 0.652. The van der Waals surface area contributed by atoms with Gasteiger partial charge in [-0.3, -0.25) is 4.72 Å². The summed E-state index contributed by atoms with van der Waals surface area (Å²) in [5.74, 6) is 0. The lowest BCUT2D eigenvalue weighted by Gasteiger charge is -2.00. The van der Waals surface area contributed by atoms with Crippen molar-refractivity contribution in [2.75, 3.05) is 11.8 Å². The van der Waals surface area contributed by atoms with Crippen molar-refractivity contribution in [2.45, 2.75) is 10.8 Å². The van der Waals surface area contributed by atoms with Crippen LogP contribution in [0.15, 0.2) is 21.9 Å². The molecule has 2 rings (SSSR count). The number of hydrogen-bond acceptors (Lipinski definition) is 7. The average molecular weight is 290 g/mol. The first-order chi connectivity index (χ1) is 8.12. The van der Waals surface area contributed by atoms with Crippen LogP contribution in [0.1, 0.15) is 4.88 Å². The van der Waals surface area contributed by atoms with Crippen LogP contribution in [-0.2, 0) is 16.6 Å². The molecule has 0 amide bonds. The predicted octanol–water partition coefficient (Wildman–Crippen LogP) is 1.12. The molecule has 9 heteroatoms. The van der Waals surface area contributed by atoms with Crippen LogP contribution in [0, 0.1) is 0 Å². The van der Waals surface area contributed by atoms with Crippen LogP contribution in [0.25, 0.3) is 0 Å². The first kappa shape index (κ1) is 12.4. The summed E-state index contributed by atoms with van der Waals surface area (Å²) in [7, 11) is -1.72. The van der Waals surface area contributed by atoms with Crippen LogP contribution in [0.4, 0.5) is 5.13 Å². The Hall–Kier alpha value is -1.03. The van der Waals surface area contributed by atoms with Crippen LogP contribution in [0.5, 0.6) is 0 Å². The number of hydrogen-bond donors (Lipinski definition) is 2. The van der Waals surface area contributed by atoms with Gasteiger partial charge in [0.15, 0.2) is 0 Å². The second-order valence-electron chi connectivity index (χ2n) is 3.10. The number of thiophene rings is 1. The van der Waals surface area contributed by atoms with Crippen LogP contribution >= 0.6 is 22.7 Å². The number of aromatic nitrogens is 2. The highest BCUT2D eigenvalue weighted by Gasteiger charge is 2.18. The maximum absolute atomic E-state index is 11.9. The molecule has 17 heavy (non-hydrogen) atoms. The van der Waals surface area contributed by atoms with E-state index in [1.165, 1.54) is 16.8 Å². The maximum Gasteiger partial charge on any atom is 0.273 e. The molecule has 0 unspecified atom stereocenters. The molecule has 0 fully saturated rings. The zero-order valence-corrected chi connectivity index (χ0v) is 11.3. The van der Waals surface area contributed by atoms with Gasteiger partial charge in [-0.05, 0) is 19.2 Å². The Labute approximate surface area is 107 Å². The molecule has 6 nitrogen and oxygen atoms in total. The summed E-state index contributed by atoms with van der Waals surface area (Å²) in [5, 5.41) is 10.5. The maximum atomic E-state index is 11.9. The van der Waals surface area contributed by atoms with Gasteiger partial charge in [0.2, 0.25) is 5.13 Å². The van der Waals surface area contributed by atoms with Crippen LogP contribution in [0.2, 0.25) is 0 Å². The summed E-state index contributed by atoms with van der Waals surface area (Å²) in [6, 6.07) is 3.37. The van der Waals surface area contributed by atoms with Gasteiger partial charge in [0, 0.05) is 11.4 Å². The van der Waals surface area contributed by atoms with E-state index < -0.39 is 10.0 Å². The monoisotopic (exact) mass is 290 g/mol. The first-order valence-corrected chi connectivity index (χ1v) is 7.82. The van der Waals surface area contributed by atoms with Crippen molar-refractivity contribution in [2.24, 2.45) is 0 Å². The zero-order valence-electron chi connectivity index (χ0n) is 8.87. The van der Waals surface area contributed by atoms with Gasteiger partial charge in [-0.2, -0.15) is 0 Å². The van der Waals surface area contributed by atoms with E-state index >= 15 is 0 Å². The molecular weight excluding hydrogens is 280 g/mol. The van der Waals surface area contributed by atoms with Crippen molar-refractivity contribution >= 4 is 37.8 Å². The Morgan fingerprint density at radius 3 is 2.88 bits per heavy atom. The number of anilines is 1. The fourth-order valence-corrected chi connectivity index (χ4v) is 4.22. The van der Waals surface area contributed by atoms with Crippen molar-refractivity contribution in [1.29, 1.82) is 0 Å². The van der Waals surface area contributed by atoms with Crippen molar-refractivity contribution in [3.8, 4) is 0 Å². The summed E-state index contributed by atoms with van der Waals surface area (Å²) >= 11 is 2.37. The fraction of sp³-hybridized carbons (Fsp3) is 0.250. The molecule has 0 saturated carbocycles. The van der Waals surface area contributed by atoms with Crippen LogP contribution in [-0.4, -0.2) is 25.7 Å². The van der Waals surface area contributed by atoms with Gasteiger partial charge in [-0.25, -0.2) is 8.42 Å². The molecule has 92 valence electrons. The summed E-state index contributed by atoms with van der Waals surface area (Å²) in [5.41, 5.74) is 1.47. The summed E-state index contributed by atoms with van der Waals surface area (Å²) in [6.07, 6.45) is 0. The molecule has 0 atom stereocenters. The van der Waals surface area contributed by atoms with Gasteiger partial charge in [0.25, 0.3) is 10.0 Å². The fourth-order valence-electron chi connectivity index (χ4n) is 1.15. The van der Waals surface area contributed by atoms with E-state index in [0.717, 1.165) is 16.2 Å².